The molecule has 1 heterocycles. The minimum absolute atomic E-state index is 0.210. The first-order valence-corrected chi connectivity index (χ1v) is 7.56. The third-order valence-electron chi connectivity index (χ3n) is 3.66. The minimum atomic E-state index is 0.210. The third kappa shape index (κ3) is 4.22. The lowest BCUT2D eigenvalue weighted by molar-refractivity contribution is 0.381. The van der Waals surface area contributed by atoms with E-state index in [9.17, 15) is 0 Å². The van der Waals surface area contributed by atoms with Gasteiger partial charge in [-0.3, -0.25) is 0 Å². The number of nitrogens with one attached hydrogen (secondary N) is 1. The van der Waals surface area contributed by atoms with Gasteiger partial charge in [-0.2, -0.15) is 0 Å². The maximum Gasteiger partial charge on any atom is 0.176 e. The number of hydrogen-bond donors (Lipinski definition) is 1. The fourth-order valence-electron chi connectivity index (χ4n) is 2.40. The number of unbranched alkanes of at least 4 members (excludes halogenated alkanes) is 1. The first-order valence-electron chi connectivity index (χ1n) is 7.56. The molecule has 1 N–H and O–H groups in total. The maximum absolute atomic E-state index is 5.95. The van der Waals surface area contributed by atoms with E-state index in [1.54, 1.807) is 7.11 Å². The summed E-state index contributed by atoms with van der Waals surface area (Å²) in [4.78, 5) is 2.22. The number of ether oxygens (including phenoxy) is 1. The van der Waals surface area contributed by atoms with Crippen molar-refractivity contribution in [3.05, 3.63) is 30.0 Å². The highest BCUT2D eigenvalue weighted by molar-refractivity contribution is 5.83. The molecule has 0 aliphatic carbocycles. The van der Waals surface area contributed by atoms with Crippen molar-refractivity contribution in [2.45, 2.75) is 25.8 Å². The lowest BCUT2D eigenvalue weighted by Gasteiger charge is -2.12. The van der Waals surface area contributed by atoms with Gasteiger partial charge >= 0.3 is 0 Å². The normalized spacial score (nSPS) is 13.0. The van der Waals surface area contributed by atoms with Crippen LogP contribution in [0.5, 0.6) is 5.75 Å². The number of fused-ring (bicyclic) bond motifs is 1. The Hall–Kier alpha value is -1.52. The van der Waals surface area contributed by atoms with E-state index in [4.69, 9.17) is 9.15 Å². The summed E-state index contributed by atoms with van der Waals surface area (Å²) in [6.45, 7) is 4.28. The van der Waals surface area contributed by atoms with E-state index in [1.807, 2.05) is 12.1 Å². The highest BCUT2D eigenvalue weighted by Crippen LogP contribution is 2.30. The third-order valence-corrected chi connectivity index (χ3v) is 3.66. The molecule has 0 aliphatic heterocycles. The summed E-state index contributed by atoms with van der Waals surface area (Å²) in [6.07, 6.45) is 2.38. The molecule has 0 radical (unpaired) electrons. The van der Waals surface area contributed by atoms with Crippen LogP contribution in [0.3, 0.4) is 0 Å². The lowest BCUT2D eigenvalue weighted by atomic mass is 10.2. The highest BCUT2D eigenvalue weighted by Gasteiger charge is 2.13. The van der Waals surface area contributed by atoms with Crippen LogP contribution in [-0.4, -0.2) is 39.2 Å². The molecule has 0 fully saturated rings. The maximum atomic E-state index is 5.95. The molecule has 1 atom stereocenters. The summed E-state index contributed by atoms with van der Waals surface area (Å²) in [5, 5.41) is 4.61. The van der Waals surface area contributed by atoms with Crippen LogP contribution in [0.2, 0.25) is 0 Å². The number of rotatable bonds is 8. The standard InChI is InChI=1S/C17H26N2O2/c1-13(18-10-5-6-11-19(2)3)16-12-14-8-7-9-15(20-4)17(14)21-16/h7-9,12-13,18H,5-6,10-11H2,1-4H3. The van der Waals surface area contributed by atoms with Crippen molar-refractivity contribution in [1.82, 2.24) is 10.2 Å². The summed E-state index contributed by atoms with van der Waals surface area (Å²) < 4.78 is 11.3. The molecule has 0 spiro atoms. The van der Waals surface area contributed by atoms with Crippen LogP contribution < -0.4 is 10.1 Å². The predicted octanol–water partition coefficient (Wildman–Crippen LogP) is 3.43. The average Bonchev–Trinajstić information content (AvgIpc) is 2.90. The number of furan rings is 1. The van der Waals surface area contributed by atoms with Crippen LogP contribution in [0.4, 0.5) is 0 Å². The van der Waals surface area contributed by atoms with Crippen molar-refractivity contribution in [3.63, 3.8) is 0 Å². The lowest BCUT2D eigenvalue weighted by Crippen LogP contribution is -2.21. The van der Waals surface area contributed by atoms with Crippen molar-refractivity contribution in [2.24, 2.45) is 0 Å². The van der Waals surface area contributed by atoms with Crippen LogP contribution in [0, 0.1) is 0 Å². The van der Waals surface area contributed by atoms with Gasteiger partial charge in [-0.15, -0.1) is 0 Å². The SMILES string of the molecule is COc1cccc2cc(C(C)NCCCCN(C)C)oc12. The van der Waals surface area contributed by atoms with Crippen LogP contribution >= 0.6 is 0 Å². The Bertz CT molecular complexity index is 563. The van der Waals surface area contributed by atoms with E-state index in [0.717, 1.165) is 35.6 Å². The monoisotopic (exact) mass is 290 g/mol. The van der Waals surface area contributed by atoms with Crippen molar-refractivity contribution in [3.8, 4) is 5.75 Å². The Kier molecular flexibility index (Phi) is 5.65. The summed E-state index contributed by atoms with van der Waals surface area (Å²) in [7, 11) is 5.89. The molecular formula is C17H26N2O2. The molecule has 1 unspecified atom stereocenters. The van der Waals surface area contributed by atoms with E-state index < -0.39 is 0 Å². The second kappa shape index (κ2) is 7.48. The van der Waals surface area contributed by atoms with Crippen LogP contribution in [-0.2, 0) is 0 Å². The smallest absolute Gasteiger partial charge is 0.176 e. The summed E-state index contributed by atoms with van der Waals surface area (Å²) in [5.74, 6) is 1.75. The van der Waals surface area contributed by atoms with Gasteiger partial charge < -0.3 is 19.4 Å². The van der Waals surface area contributed by atoms with Crippen molar-refractivity contribution < 1.29 is 9.15 Å². The van der Waals surface area contributed by atoms with Crippen LogP contribution in [0.1, 0.15) is 31.6 Å². The fraction of sp³-hybridized carbons (Fsp3) is 0.529. The molecule has 1 aromatic heterocycles. The highest BCUT2D eigenvalue weighted by atomic mass is 16.5. The summed E-state index contributed by atoms with van der Waals surface area (Å²) in [6, 6.07) is 8.26. The van der Waals surface area contributed by atoms with Crippen LogP contribution in [0.25, 0.3) is 11.0 Å². The molecule has 116 valence electrons. The molecule has 0 amide bonds. The van der Waals surface area contributed by atoms with Gasteiger partial charge in [-0.25, -0.2) is 0 Å². The van der Waals surface area contributed by atoms with Gasteiger partial charge in [0.25, 0.3) is 0 Å². The van der Waals surface area contributed by atoms with Crippen molar-refractivity contribution in [2.75, 3.05) is 34.3 Å². The van der Waals surface area contributed by atoms with E-state index in [2.05, 4.69) is 43.4 Å². The Morgan fingerprint density at radius 2 is 2.10 bits per heavy atom. The fourth-order valence-corrected chi connectivity index (χ4v) is 2.40. The Balaban J connectivity index is 1.92. The average molecular weight is 290 g/mol. The zero-order chi connectivity index (χ0) is 15.2. The molecule has 2 rings (SSSR count). The van der Waals surface area contributed by atoms with E-state index in [-0.39, 0.29) is 6.04 Å². The number of nitrogens with zero attached hydrogens (tertiary/aromatic N) is 1. The molecule has 2 aromatic rings. The first-order chi connectivity index (χ1) is 10.1. The first kappa shape index (κ1) is 15.9. The molecular weight excluding hydrogens is 264 g/mol. The van der Waals surface area contributed by atoms with Gasteiger partial charge in [0.2, 0.25) is 0 Å². The molecule has 0 aliphatic rings. The molecule has 4 nitrogen and oxygen atoms in total. The van der Waals surface area contributed by atoms with E-state index in [1.165, 1.54) is 12.8 Å². The number of benzene rings is 1. The molecule has 0 bridgehead atoms. The second-order valence-electron chi connectivity index (χ2n) is 5.71. The van der Waals surface area contributed by atoms with Crippen molar-refractivity contribution in [1.29, 1.82) is 0 Å². The van der Waals surface area contributed by atoms with Gasteiger partial charge in [-0.05, 0) is 59.1 Å². The molecule has 1 aromatic carbocycles. The second-order valence-corrected chi connectivity index (χ2v) is 5.71. The Morgan fingerprint density at radius 3 is 2.81 bits per heavy atom. The Labute approximate surface area is 127 Å². The van der Waals surface area contributed by atoms with Gasteiger partial charge in [0, 0.05) is 5.39 Å². The summed E-state index contributed by atoms with van der Waals surface area (Å²) in [5.41, 5.74) is 0.830. The zero-order valence-corrected chi connectivity index (χ0v) is 13.5. The number of hydrogen-bond acceptors (Lipinski definition) is 4. The predicted molar refractivity (Wildman–Crippen MR) is 87.0 cm³/mol. The van der Waals surface area contributed by atoms with Crippen LogP contribution in [0.15, 0.2) is 28.7 Å². The topological polar surface area (TPSA) is 37.6 Å². The number of methoxy groups -OCH3 is 1. The van der Waals surface area contributed by atoms with Gasteiger partial charge in [-0.1, -0.05) is 12.1 Å². The molecule has 4 heteroatoms. The molecule has 0 saturated heterocycles. The summed E-state index contributed by atoms with van der Waals surface area (Å²) >= 11 is 0. The van der Waals surface area contributed by atoms with Gasteiger partial charge in [0.15, 0.2) is 11.3 Å². The largest absolute Gasteiger partial charge is 0.493 e. The van der Waals surface area contributed by atoms with E-state index >= 15 is 0 Å². The zero-order valence-electron chi connectivity index (χ0n) is 13.5. The van der Waals surface area contributed by atoms with Crippen molar-refractivity contribution >= 4 is 11.0 Å². The van der Waals surface area contributed by atoms with E-state index in [0.29, 0.717) is 0 Å². The quantitative estimate of drug-likeness (QED) is 0.756. The molecule has 0 saturated carbocycles. The van der Waals surface area contributed by atoms with Gasteiger partial charge in [0.1, 0.15) is 5.76 Å². The number of para-hydroxylation sites is 1. The Morgan fingerprint density at radius 1 is 1.29 bits per heavy atom. The van der Waals surface area contributed by atoms with Gasteiger partial charge in [0.05, 0.1) is 13.2 Å². The molecule has 21 heavy (non-hydrogen) atoms. The minimum Gasteiger partial charge on any atom is -0.493 e.